The molecule has 0 fully saturated rings. The summed E-state index contributed by atoms with van der Waals surface area (Å²) >= 11 is 7.04. The lowest BCUT2D eigenvalue weighted by Crippen LogP contribution is -2.18. The summed E-state index contributed by atoms with van der Waals surface area (Å²) in [7, 11) is 0. The Labute approximate surface area is 136 Å². The Morgan fingerprint density at radius 3 is 2.45 bits per heavy atom. The molecular formula is C16H14Br2N2. The lowest BCUT2D eigenvalue weighted by Gasteiger charge is -2.16. The van der Waals surface area contributed by atoms with E-state index in [0.29, 0.717) is 5.56 Å². The number of nitrogens with zero attached hydrogens (tertiary/aromatic N) is 1. The van der Waals surface area contributed by atoms with Crippen LogP contribution in [0.5, 0.6) is 0 Å². The Bertz CT molecular complexity index is 630. The van der Waals surface area contributed by atoms with Crippen molar-refractivity contribution in [2.24, 2.45) is 0 Å². The maximum absolute atomic E-state index is 8.77. The Morgan fingerprint density at radius 1 is 1.15 bits per heavy atom. The SMILES string of the molecule is CC(NCc1ccc(C#N)cc1)c1ccc(Br)cc1Br. The van der Waals surface area contributed by atoms with Gasteiger partial charge in [-0.15, -0.1) is 0 Å². The second kappa shape index (κ2) is 7.03. The monoisotopic (exact) mass is 392 g/mol. The van der Waals surface area contributed by atoms with Gasteiger partial charge in [-0.05, 0) is 42.3 Å². The molecule has 102 valence electrons. The van der Waals surface area contributed by atoms with Gasteiger partial charge in [0, 0.05) is 21.5 Å². The molecule has 0 aliphatic carbocycles. The molecule has 1 atom stereocenters. The second-order valence-corrected chi connectivity index (χ2v) is 6.35. The largest absolute Gasteiger partial charge is 0.306 e. The van der Waals surface area contributed by atoms with Crippen molar-refractivity contribution in [3.8, 4) is 6.07 Å². The van der Waals surface area contributed by atoms with Crippen molar-refractivity contribution in [2.75, 3.05) is 0 Å². The van der Waals surface area contributed by atoms with Crippen LogP contribution in [0.1, 0.15) is 29.7 Å². The molecule has 0 saturated carbocycles. The minimum absolute atomic E-state index is 0.244. The highest BCUT2D eigenvalue weighted by molar-refractivity contribution is 9.11. The van der Waals surface area contributed by atoms with Gasteiger partial charge >= 0.3 is 0 Å². The van der Waals surface area contributed by atoms with E-state index in [1.54, 1.807) is 0 Å². The first-order valence-corrected chi connectivity index (χ1v) is 7.86. The van der Waals surface area contributed by atoms with Crippen LogP contribution < -0.4 is 5.32 Å². The summed E-state index contributed by atoms with van der Waals surface area (Å²) in [6.07, 6.45) is 0. The average Bonchev–Trinajstić information content (AvgIpc) is 2.45. The minimum atomic E-state index is 0.244. The zero-order valence-electron chi connectivity index (χ0n) is 11.0. The zero-order chi connectivity index (χ0) is 14.5. The number of benzene rings is 2. The van der Waals surface area contributed by atoms with Crippen molar-refractivity contribution < 1.29 is 0 Å². The summed E-state index contributed by atoms with van der Waals surface area (Å²) in [6, 6.07) is 16.2. The predicted octanol–water partition coefficient (Wildman–Crippen LogP) is 4.93. The molecule has 0 bridgehead atoms. The quantitative estimate of drug-likeness (QED) is 0.798. The normalized spacial score (nSPS) is 11.9. The van der Waals surface area contributed by atoms with Crippen molar-refractivity contribution in [1.29, 1.82) is 5.26 Å². The van der Waals surface area contributed by atoms with Crippen LogP contribution in [0, 0.1) is 11.3 Å². The van der Waals surface area contributed by atoms with Gasteiger partial charge in [-0.3, -0.25) is 0 Å². The van der Waals surface area contributed by atoms with E-state index in [2.05, 4.69) is 62.3 Å². The number of hydrogen-bond acceptors (Lipinski definition) is 2. The van der Waals surface area contributed by atoms with E-state index in [0.717, 1.165) is 15.5 Å². The van der Waals surface area contributed by atoms with Crippen LogP contribution in [0.3, 0.4) is 0 Å². The third-order valence-electron chi connectivity index (χ3n) is 3.12. The van der Waals surface area contributed by atoms with Crippen LogP contribution >= 0.6 is 31.9 Å². The molecule has 2 rings (SSSR count). The van der Waals surface area contributed by atoms with Gasteiger partial charge in [0.25, 0.3) is 0 Å². The fourth-order valence-electron chi connectivity index (χ4n) is 1.93. The van der Waals surface area contributed by atoms with Crippen LogP contribution in [-0.2, 0) is 6.54 Å². The zero-order valence-corrected chi connectivity index (χ0v) is 14.2. The van der Waals surface area contributed by atoms with Gasteiger partial charge in [-0.1, -0.05) is 50.1 Å². The van der Waals surface area contributed by atoms with Crippen molar-refractivity contribution in [2.45, 2.75) is 19.5 Å². The molecule has 20 heavy (non-hydrogen) atoms. The van der Waals surface area contributed by atoms with Crippen LogP contribution in [-0.4, -0.2) is 0 Å². The standard InChI is InChI=1S/C16H14Br2N2/c1-11(15-7-6-14(17)8-16(15)18)20-10-13-4-2-12(9-19)3-5-13/h2-8,11,20H,10H2,1H3. The fourth-order valence-corrected chi connectivity index (χ4v) is 3.32. The summed E-state index contributed by atoms with van der Waals surface area (Å²) in [5.41, 5.74) is 3.09. The maximum atomic E-state index is 8.77. The average molecular weight is 394 g/mol. The van der Waals surface area contributed by atoms with E-state index >= 15 is 0 Å². The molecule has 0 saturated heterocycles. The van der Waals surface area contributed by atoms with Gasteiger partial charge in [0.1, 0.15) is 0 Å². The summed E-state index contributed by atoms with van der Waals surface area (Å²) < 4.78 is 2.15. The Balaban J connectivity index is 2.01. The van der Waals surface area contributed by atoms with Crippen LogP contribution in [0.2, 0.25) is 0 Å². The molecule has 4 heteroatoms. The Morgan fingerprint density at radius 2 is 1.85 bits per heavy atom. The van der Waals surface area contributed by atoms with E-state index in [4.69, 9.17) is 5.26 Å². The second-order valence-electron chi connectivity index (χ2n) is 4.58. The van der Waals surface area contributed by atoms with E-state index in [1.165, 1.54) is 11.1 Å². The number of rotatable bonds is 4. The number of hydrogen-bond donors (Lipinski definition) is 1. The predicted molar refractivity (Wildman–Crippen MR) is 88.3 cm³/mol. The topological polar surface area (TPSA) is 35.8 Å². The van der Waals surface area contributed by atoms with Gasteiger partial charge in [0.15, 0.2) is 0 Å². The molecule has 0 aromatic heterocycles. The lowest BCUT2D eigenvalue weighted by atomic mass is 10.1. The van der Waals surface area contributed by atoms with Gasteiger partial charge in [-0.2, -0.15) is 5.26 Å². The van der Waals surface area contributed by atoms with Gasteiger partial charge in [-0.25, -0.2) is 0 Å². The van der Waals surface area contributed by atoms with Crippen molar-refractivity contribution in [1.82, 2.24) is 5.32 Å². The molecule has 2 aromatic rings. The van der Waals surface area contributed by atoms with Crippen LogP contribution in [0.25, 0.3) is 0 Å². The van der Waals surface area contributed by atoms with E-state index in [9.17, 15) is 0 Å². The summed E-state index contributed by atoms with van der Waals surface area (Å²) in [5.74, 6) is 0. The third-order valence-corrected chi connectivity index (χ3v) is 4.30. The first-order chi connectivity index (χ1) is 9.60. The molecule has 0 amide bonds. The molecule has 0 radical (unpaired) electrons. The highest BCUT2D eigenvalue weighted by Crippen LogP contribution is 2.26. The summed E-state index contributed by atoms with van der Waals surface area (Å²) in [4.78, 5) is 0. The Kier molecular flexibility index (Phi) is 5.36. The Hall–Kier alpha value is -1.15. The van der Waals surface area contributed by atoms with Crippen molar-refractivity contribution in [3.63, 3.8) is 0 Å². The molecule has 1 N–H and O–H groups in total. The summed E-state index contributed by atoms with van der Waals surface area (Å²) in [6.45, 7) is 2.91. The first kappa shape index (κ1) is 15.2. The molecule has 2 nitrogen and oxygen atoms in total. The van der Waals surface area contributed by atoms with Crippen molar-refractivity contribution >= 4 is 31.9 Å². The fraction of sp³-hybridized carbons (Fsp3) is 0.188. The molecular weight excluding hydrogens is 380 g/mol. The molecule has 0 spiro atoms. The van der Waals surface area contributed by atoms with Crippen LogP contribution in [0.4, 0.5) is 0 Å². The maximum Gasteiger partial charge on any atom is 0.0991 e. The molecule has 1 unspecified atom stereocenters. The van der Waals surface area contributed by atoms with Crippen LogP contribution in [0.15, 0.2) is 51.4 Å². The molecule has 0 aliphatic rings. The van der Waals surface area contributed by atoms with Gasteiger partial charge < -0.3 is 5.32 Å². The van der Waals surface area contributed by atoms with E-state index < -0.39 is 0 Å². The molecule has 0 aliphatic heterocycles. The lowest BCUT2D eigenvalue weighted by molar-refractivity contribution is 0.573. The number of nitriles is 1. The first-order valence-electron chi connectivity index (χ1n) is 6.27. The molecule has 0 heterocycles. The van der Waals surface area contributed by atoms with Gasteiger partial charge in [0.2, 0.25) is 0 Å². The third kappa shape index (κ3) is 3.92. The van der Waals surface area contributed by atoms with E-state index in [-0.39, 0.29) is 6.04 Å². The smallest absolute Gasteiger partial charge is 0.0991 e. The number of nitrogens with one attached hydrogen (secondary N) is 1. The highest BCUT2D eigenvalue weighted by Gasteiger charge is 2.09. The van der Waals surface area contributed by atoms with Gasteiger partial charge in [0.05, 0.1) is 11.6 Å². The number of halogens is 2. The van der Waals surface area contributed by atoms with E-state index in [1.807, 2.05) is 30.3 Å². The highest BCUT2D eigenvalue weighted by atomic mass is 79.9. The molecule has 2 aromatic carbocycles. The van der Waals surface area contributed by atoms with Crippen molar-refractivity contribution in [3.05, 3.63) is 68.1 Å². The summed E-state index contributed by atoms with van der Waals surface area (Å²) in [5, 5.41) is 12.3. The minimum Gasteiger partial charge on any atom is -0.306 e.